The molecule has 3 aromatic carbocycles. The Hall–Kier alpha value is -4.52. The Morgan fingerprint density at radius 3 is 2.44 bits per heavy atom. The van der Waals surface area contributed by atoms with Crippen molar-refractivity contribution in [2.75, 3.05) is 22.2 Å². The van der Waals surface area contributed by atoms with Gasteiger partial charge in [-0.2, -0.15) is 20.1 Å². The molecule has 7 nitrogen and oxygen atoms in total. The van der Waals surface area contributed by atoms with Crippen molar-refractivity contribution in [3.8, 4) is 0 Å². The lowest BCUT2D eigenvalue weighted by Gasteiger charge is -2.29. The number of benzene rings is 3. The summed E-state index contributed by atoms with van der Waals surface area (Å²) in [6.45, 7) is 3.67. The van der Waals surface area contributed by atoms with Gasteiger partial charge in [-0.15, -0.1) is 0 Å². The molecular formula is C29H27N7. The zero-order valence-electron chi connectivity index (χ0n) is 20.1. The second kappa shape index (κ2) is 9.62. The summed E-state index contributed by atoms with van der Waals surface area (Å²) >= 11 is 0. The molecule has 0 fully saturated rings. The molecule has 0 radical (unpaired) electrons. The van der Waals surface area contributed by atoms with Crippen molar-refractivity contribution < 1.29 is 0 Å². The molecule has 4 aromatic rings. The van der Waals surface area contributed by atoms with Gasteiger partial charge in [-0.05, 0) is 59.7 Å². The van der Waals surface area contributed by atoms with Crippen LogP contribution in [0.1, 0.15) is 27.8 Å². The second-order valence-corrected chi connectivity index (χ2v) is 9.10. The topological polar surface area (TPSA) is 78.3 Å². The number of fused-ring (bicyclic) bond motifs is 2. The first-order valence-electron chi connectivity index (χ1n) is 12.2. The fourth-order valence-corrected chi connectivity index (χ4v) is 4.64. The number of aryl methyl sites for hydroxylation is 1. The number of aromatic nitrogens is 3. The molecule has 0 atom stereocenters. The standard InChI is InChI=1S/C29H27N7/c1-20-10-14-25(15-11-20)31-27-32-28(35-30-18-23-13-12-22-7-4-5-9-26(22)23)34-29(33-27)36-17-16-21-6-2-3-8-24(21)19-36/h2-11,13-15,18H,12,16-17,19H2,1H3,(H2,31,32,33,34,35)/b30-18+. The van der Waals surface area contributed by atoms with Crippen LogP contribution >= 0.6 is 0 Å². The van der Waals surface area contributed by atoms with Gasteiger partial charge in [-0.25, -0.2) is 5.43 Å². The lowest BCUT2D eigenvalue weighted by molar-refractivity contribution is 0.706. The van der Waals surface area contributed by atoms with Crippen molar-refractivity contribution in [1.29, 1.82) is 0 Å². The van der Waals surface area contributed by atoms with E-state index >= 15 is 0 Å². The molecule has 0 amide bonds. The summed E-state index contributed by atoms with van der Waals surface area (Å²) in [5, 5.41) is 7.78. The minimum atomic E-state index is 0.400. The predicted molar refractivity (Wildman–Crippen MR) is 146 cm³/mol. The van der Waals surface area contributed by atoms with Crippen molar-refractivity contribution in [2.45, 2.75) is 26.3 Å². The second-order valence-electron chi connectivity index (χ2n) is 9.10. The normalized spacial score (nSPS) is 14.4. The van der Waals surface area contributed by atoms with Gasteiger partial charge in [0.25, 0.3) is 0 Å². The third kappa shape index (κ3) is 4.68. The van der Waals surface area contributed by atoms with E-state index in [4.69, 9.17) is 9.97 Å². The van der Waals surface area contributed by atoms with Gasteiger partial charge < -0.3 is 10.2 Å². The Kier molecular flexibility index (Phi) is 5.87. The summed E-state index contributed by atoms with van der Waals surface area (Å²) in [6.07, 6.45) is 5.90. The average molecular weight is 474 g/mol. The van der Waals surface area contributed by atoms with Crippen molar-refractivity contribution >= 4 is 35.3 Å². The monoisotopic (exact) mass is 473 g/mol. The van der Waals surface area contributed by atoms with E-state index in [1.54, 1.807) is 0 Å². The number of rotatable bonds is 6. The molecule has 0 saturated heterocycles. The maximum Gasteiger partial charge on any atom is 0.250 e. The first-order chi connectivity index (χ1) is 17.7. The smallest absolute Gasteiger partial charge is 0.250 e. The van der Waals surface area contributed by atoms with Gasteiger partial charge >= 0.3 is 0 Å². The van der Waals surface area contributed by atoms with Gasteiger partial charge in [0, 0.05) is 18.8 Å². The molecule has 2 N–H and O–H groups in total. The van der Waals surface area contributed by atoms with Crippen LogP contribution in [0.25, 0.3) is 5.57 Å². The van der Waals surface area contributed by atoms with E-state index in [2.05, 4.69) is 99.4 Å². The minimum Gasteiger partial charge on any atom is -0.336 e. The van der Waals surface area contributed by atoms with Crippen LogP contribution in [0.2, 0.25) is 0 Å². The highest BCUT2D eigenvalue weighted by Crippen LogP contribution is 2.26. The molecule has 36 heavy (non-hydrogen) atoms. The number of anilines is 4. The molecule has 2 aliphatic rings. The highest BCUT2D eigenvalue weighted by atomic mass is 15.4. The van der Waals surface area contributed by atoms with E-state index in [-0.39, 0.29) is 0 Å². The third-order valence-electron chi connectivity index (χ3n) is 6.58. The van der Waals surface area contributed by atoms with Crippen molar-refractivity contribution in [2.24, 2.45) is 5.10 Å². The minimum absolute atomic E-state index is 0.400. The van der Waals surface area contributed by atoms with Crippen LogP contribution in [0.5, 0.6) is 0 Å². The Balaban J connectivity index is 1.27. The van der Waals surface area contributed by atoms with Gasteiger partial charge in [-0.1, -0.05) is 72.3 Å². The van der Waals surface area contributed by atoms with E-state index in [0.29, 0.717) is 17.8 Å². The number of nitrogens with zero attached hydrogens (tertiary/aromatic N) is 5. The van der Waals surface area contributed by atoms with Crippen LogP contribution < -0.4 is 15.6 Å². The molecule has 7 heteroatoms. The fourth-order valence-electron chi connectivity index (χ4n) is 4.64. The summed E-state index contributed by atoms with van der Waals surface area (Å²) in [4.78, 5) is 16.2. The molecule has 6 rings (SSSR count). The molecule has 0 saturated carbocycles. The Morgan fingerprint density at radius 1 is 0.833 bits per heavy atom. The first-order valence-corrected chi connectivity index (χ1v) is 12.2. The van der Waals surface area contributed by atoms with Crippen molar-refractivity contribution in [3.05, 3.63) is 107 Å². The van der Waals surface area contributed by atoms with Gasteiger partial charge in [0.15, 0.2) is 0 Å². The van der Waals surface area contributed by atoms with Gasteiger partial charge in [-0.3, -0.25) is 0 Å². The largest absolute Gasteiger partial charge is 0.336 e. The fraction of sp³-hybridized carbons (Fsp3) is 0.172. The first kappa shape index (κ1) is 22.0. The zero-order valence-corrected chi connectivity index (χ0v) is 20.1. The zero-order chi connectivity index (χ0) is 24.3. The molecule has 0 bridgehead atoms. The lowest BCUT2D eigenvalue weighted by Crippen LogP contribution is -2.32. The van der Waals surface area contributed by atoms with E-state index in [1.807, 2.05) is 18.3 Å². The van der Waals surface area contributed by atoms with E-state index < -0.39 is 0 Å². The average Bonchev–Trinajstić information content (AvgIpc) is 3.33. The maximum atomic E-state index is 4.75. The summed E-state index contributed by atoms with van der Waals surface area (Å²) in [6, 6.07) is 25.1. The molecule has 1 aliphatic carbocycles. The highest BCUT2D eigenvalue weighted by Gasteiger charge is 2.20. The van der Waals surface area contributed by atoms with Crippen LogP contribution in [-0.2, 0) is 19.4 Å². The summed E-state index contributed by atoms with van der Waals surface area (Å²) < 4.78 is 0. The number of allylic oxidation sites excluding steroid dienone is 2. The van der Waals surface area contributed by atoms with Crippen molar-refractivity contribution in [1.82, 2.24) is 15.0 Å². The van der Waals surface area contributed by atoms with Crippen LogP contribution in [0.15, 0.2) is 84.0 Å². The van der Waals surface area contributed by atoms with E-state index in [9.17, 15) is 0 Å². The summed E-state index contributed by atoms with van der Waals surface area (Å²) in [5.41, 5.74) is 11.5. The number of hydrazone groups is 1. The molecule has 0 unspecified atom stereocenters. The quantitative estimate of drug-likeness (QED) is 0.283. The Labute approximate surface area is 210 Å². The van der Waals surface area contributed by atoms with Gasteiger partial charge in [0.05, 0.1) is 6.21 Å². The number of nitrogens with one attached hydrogen (secondary N) is 2. The van der Waals surface area contributed by atoms with Gasteiger partial charge in [0.2, 0.25) is 17.8 Å². The maximum absolute atomic E-state index is 4.75. The van der Waals surface area contributed by atoms with E-state index in [0.717, 1.165) is 37.2 Å². The van der Waals surface area contributed by atoms with Gasteiger partial charge in [0.1, 0.15) is 0 Å². The summed E-state index contributed by atoms with van der Waals surface area (Å²) in [5.74, 6) is 1.50. The highest BCUT2D eigenvalue weighted by molar-refractivity contribution is 6.11. The summed E-state index contributed by atoms with van der Waals surface area (Å²) in [7, 11) is 0. The molecule has 1 aromatic heterocycles. The van der Waals surface area contributed by atoms with E-state index in [1.165, 1.54) is 27.8 Å². The number of hydrogen-bond donors (Lipinski definition) is 2. The Bertz CT molecular complexity index is 1460. The SMILES string of the molecule is Cc1ccc(Nc2nc(N/N=C/C3=CCc4ccccc43)nc(N3CCc4ccccc4C3)n2)cc1. The molecule has 1 aliphatic heterocycles. The van der Waals surface area contributed by atoms with Crippen LogP contribution in [0.4, 0.5) is 23.5 Å². The molecular weight excluding hydrogens is 446 g/mol. The third-order valence-corrected chi connectivity index (χ3v) is 6.58. The molecule has 2 heterocycles. The molecule has 178 valence electrons. The molecule has 0 spiro atoms. The predicted octanol–water partition coefficient (Wildman–Crippen LogP) is 5.52. The van der Waals surface area contributed by atoms with Crippen LogP contribution in [-0.4, -0.2) is 27.7 Å². The van der Waals surface area contributed by atoms with Crippen LogP contribution in [0.3, 0.4) is 0 Å². The Morgan fingerprint density at radius 2 is 1.58 bits per heavy atom. The lowest BCUT2D eigenvalue weighted by atomic mass is 10.0. The number of hydrogen-bond acceptors (Lipinski definition) is 7. The van der Waals surface area contributed by atoms with Crippen LogP contribution in [0, 0.1) is 6.92 Å². The van der Waals surface area contributed by atoms with Crippen molar-refractivity contribution in [3.63, 3.8) is 0 Å².